The number of ether oxygens (including phenoxy) is 2. The maximum atomic E-state index is 5.17. The molecule has 0 aromatic rings. The Morgan fingerprint density at radius 2 is 2.09 bits per heavy atom. The Morgan fingerprint density at radius 1 is 1.55 bits per heavy atom. The van der Waals surface area contributed by atoms with Gasteiger partial charge in [0.1, 0.15) is 13.2 Å². The van der Waals surface area contributed by atoms with Gasteiger partial charge in [-0.05, 0) is 12.6 Å². The second-order valence-corrected chi connectivity index (χ2v) is 3.63. The molecule has 4 heteroatoms. The SMILES string of the molecule is CCC1(CP)COC(=S)OC1. The summed E-state index contributed by atoms with van der Waals surface area (Å²) in [7, 11) is 2.73. The van der Waals surface area contributed by atoms with Gasteiger partial charge in [-0.1, -0.05) is 6.92 Å². The molecule has 1 unspecified atom stereocenters. The average Bonchev–Trinajstić information content (AvgIpc) is 2.07. The topological polar surface area (TPSA) is 18.5 Å². The monoisotopic (exact) mass is 192 g/mol. The molecule has 1 fully saturated rings. The third kappa shape index (κ3) is 2.03. The predicted molar refractivity (Wildman–Crippen MR) is 51.8 cm³/mol. The summed E-state index contributed by atoms with van der Waals surface area (Å²) in [5, 5.41) is 0.299. The lowest BCUT2D eigenvalue weighted by atomic mass is 9.89. The van der Waals surface area contributed by atoms with Crippen LogP contribution in [0, 0.1) is 5.41 Å². The van der Waals surface area contributed by atoms with Crippen LogP contribution in [0.1, 0.15) is 13.3 Å². The van der Waals surface area contributed by atoms with Gasteiger partial charge in [0.05, 0.1) is 0 Å². The van der Waals surface area contributed by atoms with E-state index in [9.17, 15) is 0 Å². The van der Waals surface area contributed by atoms with Crippen LogP contribution in [0.3, 0.4) is 0 Å². The van der Waals surface area contributed by atoms with Crippen LogP contribution in [0.5, 0.6) is 0 Å². The molecule has 0 aromatic carbocycles. The van der Waals surface area contributed by atoms with Gasteiger partial charge in [0.25, 0.3) is 0 Å². The molecule has 1 aliphatic heterocycles. The molecule has 0 saturated carbocycles. The van der Waals surface area contributed by atoms with E-state index < -0.39 is 0 Å². The number of hydrogen-bond acceptors (Lipinski definition) is 3. The van der Waals surface area contributed by atoms with Crippen molar-refractivity contribution >= 4 is 26.7 Å². The Labute approximate surface area is 74.8 Å². The first kappa shape index (κ1) is 9.21. The minimum absolute atomic E-state index is 0.174. The van der Waals surface area contributed by atoms with Gasteiger partial charge >= 0.3 is 5.24 Å². The fraction of sp³-hybridized carbons (Fsp3) is 0.857. The molecule has 2 nitrogen and oxygen atoms in total. The Balaban J connectivity index is 2.52. The lowest BCUT2D eigenvalue weighted by Gasteiger charge is -2.34. The Bertz CT molecular complexity index is 145. The molecule has 0 N–H and O–H groups in total. The summed E-state index contributed by atoms with van der Waals surface area (Å²) in [6.45, 7) is 3.54. The zero-order valence-corrected chi connectivity index (χ0v) is 8.60. The highest BCUT2D eigenvalue weighted by atomic mass is 32.1. The first-order valence-corrected chi connectivity index (χ1v) is 4.94. The molecular weight excluding hydrogens is 179 g/mol. The summed E-state index contributed by atoms with van der Waals surface area (Å²) < 4.78 is 10.3. The van der Waals surface area contributed by atoms with Gasteiger partial charge in [0, 0.05) is 17.6 Å². The van der Waals surface area contributed by atoms with E-state index in [0.29, 0.717) is 18.5 Å². The fourth-order valence-corrected chi connectivity index (χ4v) is 1.62. The molecular formula is C7H13O2PS. The lowest BCUT2D eigenvalue weighted by Crippen LogP contribution is -2.40. The summed E-state index contributed by atoms with van der Waals surface area (Å²) in [4.78, 5) is 0. The Hall–Kier alpha value is 0.120. The van der Waals surface area contributed by atoms with Crippen LogP contribution in [0.15, 0.2) is 0 Å². The van der Waals surface area contributed by atoms with Crippen LogP contribution >= 0.6 is 21.5 Å². The molecule has 1 atom stereocenters. The van der Waals surface area contributed by atoms with Crippen LogP contribution in [-0.4, -0.2) is 24.6 Å². The molecule has 1 heterocycles. The zero-order chi connectivity index (χ0) is 8.32. The highest BCUT2D eigenvalue weighted by Gasteiger charge is 2.32. The van der Waals surface area contributed by atoms with E-state index in [2.05, 4.69) is 16.2 Å². The Morgan fingerprint density at radius 3 is 2.45 bits per heavy atom. The molecule has 1 aliphatic rings. The summed E-state index contributed by atoms with van der Waals surface area (Å²) in [6, 6.07) is 0. The minimum Gasteiger partial charge on any atom is -0.456 e. The van der Waals surface area contributed by atoms with E-state index in [1.165, 1.54) is 0 Å². The second kappa shape index (κ2) is 3.68. The standard InChI is InChI=1S/C7H13O2PS/c1-2-7(5-10)3-8-6(11)9-4-7/h2-5,10H2,1H3. The van der Waals surface area contributed by atoms with Crippen molar-refractivity contribution in [1.29, 1.82) is 0 Å². The van der Waals surface area contributed by atoms with Gasteiger partial charge in [-0.15, -0.1) is 9.24 Å². The van der Waals surface area contributed by atoms with Gasteiger partial charge in [-0.3, -0.25) is 0 Å². The van der Waals surface area contributed by atoms with Gasteiger partial charge in [0.15, 0.2) is 0 Å². The first-order valence-electron chi connectivity index (χ1n) is 3.72. The number of rotatable bonds is 2. The van der Waals surface area contributed by atoms with E-state index in [1.807, 2.05) is 0 Å². The van der Waals surface area contributed by atoms with Crippen molar-refractivity contribution in [3.8, 4) is 0 Å². The molecule has 1 rings (SSSR count). The normalized spacial score (nSPS) is 22.2. The summed E-state index contributed by atoms with van der Waals surface area (Å²) in [5.74, 6) is 0. The van der Waals surface area contributed by atoms with Crippen LogP contribution in [0.4, 0.5) is 0 Å². The zero-order valence-electron chi connectivity index (χ0n) is 6.63. The summed E-state index contributed by atoms with van der Waals surface area (Å²) in [6.07, 6.45) is 2.07. The highest BCUT2D eigenvalue weighted by Crippen LogP contribution is 2.28. The van der Waals surface area contributed by atoms with Crippen molar-refractivity contribution in [3.05, 3.63) is 0 Å². The van der Waals surface area contributed by atoms with Gasteiger partial charge in [0.2, 0.25) is 0 Å². The maximum Gasteiger partial charge on any atom is 0.352 e. The van der Waals surface area contributed by atoms with Gasteiger partial charge in [-0.25, -0.2) is 0 Å². The molecule has 64 valence electrons. The first-order chi connectivity index (χ1) is 5.22. The molecule has 1 saturated heterocycles. The molecule has 0 amide bonds. The van der Waals surface area contributed by atoms with Gasteiger partial charge in [-0.2, -0.15) is 0 Å². The van der Waals surface area contributed by atoms with Crippen LogP contribution in [0.2, 0.25) is 0 Å². The highest BCUT2D eigenvalue weighted by molar-refractivity contribution is 7.79. The fourth-order valence-electron chi connectivity index (χ4n) is 0.974. The van der Waals surface area contributed by atoms with Crippen molar-refractivity contribution in [3.63, 3.8) is 0 Å². The predicted octanol–water partition coefficient (Wildman–Crippen LogP) is 1.59. The van der Waals surface area contributed by atoms with E-state index >= 15 is 0 Å². The smallest absolute Gasteiger partial charge is 0.352 e. The van der Waals surface area contributed by atoms with E-state index in [0.717, 1.165) is 12.6 Å². The molecule has 0 bridgehead atoms. The molecule has 0 aromatic heterocycles. The van der Waals surface area contributed by atoms with Crippen molar-refractivity contribution in [1.82, 2.24) is 0 Å². The molecule has 0 radical (unpaired) electrons. The summed E-state index contributed by atoms with van der Waals surface area (Å²) >= 11 is 4.75. The van der Waals surface area contributed by atoms with E-state index in [4.69, 9.17) is 21.7 Å². The van der Waals surface area contributed by atoms with Gasteiger partial charge < -0.3 is 9.47 Å². The van der Waals surface area contributed by atoms with Crippen LogP contribution in [0.25, 0.3) is 0 Å². The maximum absolute atomic E-state index is 5.17. The lowest BCUT2D eigenvalue weighted by molar-refractivity contribution is 0.00383. The van der Waals surface area contributed by atoms with Crippen LogP contribution < -0.4 is 0 Å². The van der Waals surface area contributed by atoms with Crippen molar-refractivity contribution in [2.24, 2.45) is 5.41 Å². The number of hydrogen-bond donors (Lipinski definition) is 0. The molecule has 0 spiro atoms. The van der Waals surface area contributed by atoms with E-state index in [-0.39, 0.29) is 5.41 Å². The quantitative estimate of drug-likeness (QED) is 0.489. The largest absolute Gasteiger partial charge is 0.456 e. The van der Waals surface area contributed by atoms with E-state index in [1.54, 1.807) is 0 Å². The minimum atomic E-state index is 0.174. The Kier molecular flexibility index (Phi) is 3.08. The third-order valence-corrected chi connectivity index (χ3v) is 3.28. The third-order valence-electron chi connectivity index (χ3n) is 2.18. The van der Waals surface area contributed by atoms with Crippen LogP contribution in [-0.2, 0) is 9.47 Å². The second-order valence-electron chi connectivity index (χ2n) is 2.89. The number of thiocarbonyl (C=S) groups is 1. The molecule has 0 aliphatic carbocycles. The van der Waals surface area contributed by atoms with Crippen molar-refractivity contribution in [2.75, 3.05) is 19.4 Å². The molecule has 11 heavy (non-hydrogen) atoms. The summed E-state index contributed by atoms with van der Waals surface area (Å²) in [5.41, 5.74) is 0.174. The van der Waals surface area contributed by atoms with Crippen molar-refractivity contribution < 1.29 is 9.47 Å². The van der Waals surface area contributed by atoms with Crippen molar-refractivity contribution in [2.45, 2.75) is 13.3 Å². The average molecular weight is 192 g/mol.